The van der Waals surface area contributed by atoms with Gasteiger partial charge in [-0.05, 0) is 51.8 Å². The second-order valence-electron chi connectivity index (χ2n) is 7.59. The maximum absolute atomic E-state index is 12.3. The second kappa shape index (κ2) is 10.1. The number of esters is 2. The van der Waals surface area contributed by atoms with Gasteiger partial charge in [-0.2, -0.15) is 0 Å². The molecule has 2 amide bonds. The van der Waals surface area contributed by atoms with Gasteiger partial charge in [-0.1, -0.05) is 12.1 Å². The summed E-state index contributed by atoms with van der Waals surface area (Å²) in [4.78, 5) is 48.9. The number of para-hydroxylation sites is 1. The van der Waals surface area contributed by atoms with E-state index in [1.54, 1.807) is 55.7 Å². The molecule has 3 rings (SSSR count). The summed E-state index contributed by atoms with van der Waals surface area (Å²) in [5.74, 6) is -1.89. The summed E-state index contributed by atoms with van der Waals surface area (Å²) in [5.41, 5.74) is 2.36. The van der Waals surface area contributed by atoms with Crippen molar-refractivity contribution in [2.24, 2.45) is 0 Å². The van der Waals surface area contributed by atoms with E-state index < -0.39 is 24.5 Å². The van der Waals surface area contributed by atoms with Crippen molar-refractivity contribution in [1.82, 2.24) is 9.88 Å². The normalized spacial score (nSPS) is 12.7. The van der Waals surface area contributed by atoms with Gasteiger partial charge in [0, 0.05) is 17.4 Å². The number of aromatic nitrogens is 1. The zero-order valence-corrected chi connectivity index (χ0v) is 18.4. The van der Waals surface area contributed by atoms with Crippen LogP contribution in [0.25, 0.3) is 0 Å². The van der Waals surface area contributed by atoms with E-state index in [2.05, 4.69) is 10.6 Å². The highest BCUT2D eigenvalue weighted by Crippen LogP contribution is 2.21. The number of anilines is 1. The Hall–Kier alpha value is -3.62. The molecule has 1 saturated carbocycles. The Kier molecular flexibility index (Phi) is 7.29. The van der Waals surface area contributed by atoms with Crippen molar-refractivity contribution in [3.8, 4) is 0 Å². The van der Waals surface area contributed by atoms with E-state index in [4.69, 9.17) is 9.47 Å². The van der Waals surface area contributed by atoms with E-state index in [0.29, 0.717) is 28.2 Å². The van der Waals surface area contributed by atoms with Crippen LogP contribution < -0.4 is 10.6 Å². The highest BCUT2D eigenvalue weighted by atomic mass is 16.5. The molecule has 0 radical (unpaired) electrons. The van der Waals surface area contributed by atoms with Crippen LogP contribution in [0, 0.1) is 13.8 Å². The molecule has 1 aromatic carbocycles. The van der Waals surface area contributed by atoms with Crippen LogP contribution in [0.15, 0.2) is 30.3 Å². The smallest absolute Gasteiger partial charge is 0.339 e. The van der Waals surface area contributed by atoms with Crippen molar-refractivity contribution < 1.29 is 28.7 Å². The molecule has 9 heteroatoms. The zero-order chi connectivity index (χ0) is 23.3. The second-order valence-corrected chi connectivity index (χ2v) is 7.59. The number of aryl methyl sites for hydroxylation is 1. The highest BCUT2D eigenvalue weighted by molar-refractivity contribution is 6.04. The fraction of sp³-hybridized carbons (Fsp3) is 0.391. The Morgan fingerprint density at radius 1 is 1.06 bits per heavy atom. The van der Waals surface area contributed by atoms with Crippen LogP contribution in [0.2, 0.25) is 0 Å². The molecule has 1 aliphatic rings. The van der Waals surface area contributed by atoms with E-state index >= 15 is 0 Å². The molecule has 2 N–H and O–H groups in total. The van der Waals surface area contributed by atoms with Gasteiger partial charge < -0.3 is 24.7 Å². The zero-order valence-electron chi connectivity index (χ0n) is 18.4. The summed E-state index contributed by atoms with van der Waals surface area (Å²) in [7, 11) is 0. The van der Waals surface area contributed by atoms with Crippen LogP contribution >= 0.6 is 0 Å². The number of nitrogens with zero attached hydrogens (tertiary/aromatic N) is 1. The van der Waals surface area contributed by atoms with Crippen molar-refractivity contribution in [2.45, 2.75) is 46.2 Å². The molecule has 170 valence electrons. The molecule has 1 aliphatic carbocycles. The first-order chi connectivity index (χ1) is 15.3. The standard InChI is InChI=1S/C23H27N3O6/c1-4-31-23(30)18-11-14(2)26(15(18)3)12-21(28)32-13-20(27)25-19-8-6-5-7-17(19)22(29)24-16-9-10-16/h5-8,11,16H,4,9-10,12-13H2,1-3H3,(H,24,29)(H,25,27). The molecular formula is C23H27N3O6. The molecular weight excluding hydrogens is 414 g/mol. The lowest BCUT2D eigenvalue weighted by Crippen LogP contribution is -2.28. The number of hydrogen-bond donors (Lipinski definition) is 2. The van der Waals surface area contributed by atoms with Crippen LogP contribution in [0.3, 0.4) is 0 Å². The average Bonchev–Trinajstić information content (AvgIpc) is 3.53. The van der Waals surface area contributed by atoms with Crippen molar-refractivity contribution in [2.75, 3.05) is 18.5 Å². The van der Waals surface area contributed by atoms with Crippen LogP contribution in [0.1, 0.15) is 51.9 Å². The molecule has 0 atom stereocenters. The first kappa shape index (κ1) is 23.1. The SMILES string of the molecule is CCOC(=O)c1cc(C)n(CC(=O)OCC(=O)Nc2ccccc2C(=O)NC2CC2)c1C. The Morgan fingerprint density at radius 2 is 1.78 bits per heavy atom. The average molecular weight is 441 g/mol. The van der Waals surface area contributed by atoms with Gasteiger partial charge in [-0.25, -0.2) is 4.79 Å². The predicted molar refractivity (Wildman–Crippen MR) is 116 cm³/mol. The van der Waals surface area contributed by atoms with Gasteiger partial charge in [0.15, 0.2) is 6.61 Å². The fourth-order valence-electron chi connectivity index (χ4n) is 3.25. The summed E-state index contributed by atoms with van der Waals surface area (Å²) < 4.78 is 11.7. The van der Waals surface area contributed by atoms with E-state index in [9.17, 15) is 19.2 Å². The third-order valence-corrected chi connectivity index (χ3v) is 5.08. The summed E-state index contributed by atoms with van der Waals surface area (Å²) >= 11 is 0. The maximum atomic E-state index is 12.3. The van der Waals surface area contributed by atoms with Gasteiger partial charge in [0.2, 0.25) is 0 Å². The lowest BCUT2D eigenvalue weighted by Gasteiger charge is -2.12. The lowest BCUT2D eigenvalue weighted by atomic mass is 10.1. The minimum absolute atomic E-state index is 0.148. The number of carbonyl (C=O) groups excluding carboxylic acids is 4. The molecule has 0 unspecified atom stereocenters. The van der Waals surface area contributed by atoms with E-state index in [-0.39, 0.29) is 25.1 Å². The van der Waals surface area contributed by atoms with Gasteiger partial charge >= 0.3 is 11.9 Å². The predicted octanol–water partition coefficient (Wildman–Crippen LogP) is 2.36. The van der Waals surface area contributed by atoms with E-state index in [1.807, 2.05) is 0 Å². The number of carbonyl (C=O) groups is 4. The monoisotopic (exact) mass is 441 g/mol. The molecule has 32 heavy (non-hydrogen) atoms. The minimum atomic E-state index is -0.628. The topological polar surface area (TPSA) is 116 Å². The van der Waals surface area contributed by atoms with Crippen LogP contribution in [-0.2, 0) is 25.6 Å². The Balaban J connectivity index is 1.55. The van der Waals surface area contributed by atoms with Crippen molar-refractivity contribution in [3.05, 3.63) is 52.8 Å². The van der Waals surface area contributed by atoms with Crippen molar-refractivity contribution in [1.29, 1.82) is 0 Å². The molecule has 0 bridgehead atoms. The Labute approximate surface area is 186 Å². The van der Waals surface area contributed by atoms with Crippen molar-refractivity contribution in [3.63, 3.8) is 0 Å². The number of benzene rings is 1. The largest absolute Gasteiger partial charge is 0.462 e. The molecule has 2 aromatic rings. The number of hydrogen-bond acceptors (Lipinski definition) is 6. The van der Waals surface area contributed by atoms with Gasteiger partial charge in [0.25, 0.3) is 11.8 Å². The molecule has 1 heterocycles. The summed E-state index contributed by atoms with van der Waals surface area (Å²) in [5, 5.41) is 5.49. The lowest BCUT2D eigenvalue weighted by molar-refractivity contribution is -0.147. The van der Waals surface area contributed by atoms with E-state index in [0.717, 1.165) is 12.8 Å². The highest BCUT2D eigenvalue weighted by Gasteiger charge is 2.25. The molecule has 0 spiro atoms. The fourth-order valence-corrected chi connectivity index (χ4v) is 3.25. The van der Waals surface area contributed by atoms with Crippen LogP contribution in [0.5, 0.6) is 0 Å². The maximum Gasteiger partial charge on any atom is 0.339 e. The third kappa shape index (κ3) is 5.75. The van der Waals surface area contributed by atoms with Crippen LogP contribution in [-0.4, -0.2) is 47.6 Å². The summed E-state index contributed by atoms with van der Waals surface area (Å²) in [6.45, 7) is 4.80. The quantitative estimate of drug-likeness (QED) is 0.577. The Bertz CT molecular complexity index is 1040. The number of nitrogens with one attached hydrogen (secondary N) is 2. The molecule has 0 aliphatic heterocycles. The first-order valence-corrected chi connectivity index (χ1v) is 10.5. The van der Waals surface area contributed by atoms with Crippen molar-refractivity contribution >= 4 is 29.4 Å². The van der Waals surface area contributed by atoms with Gasteiger partial charge in [-0.15, -0.1) is 0 Å². The molecule has 0 saturated heterocycles. The van der Waals surface area contributed by atoms with E-state index in [1.165, 1.54) is 0 Å². The molecule has 1 fully saturated rings. The summed E-state index contributed by atoms with van der Waals surface area (Å²) in [6, 6.07) is 8.50. The van der Waals surface area contributed by atoms with Gasteiger partial charge in [0.1, 0.15) is 6.54 Å². The van der Waals surface area contributed by atoms with Gasteiger partial charge in [-0.3, -0.25) is 14.4 Å². The van der Waals surface area contributed by atoms with Crippen LogP contribution in [0.4, 0.5) is 5.69 Å². The molecule has 1 aromatic heterocycles. The molecule has 9 nitrogen and oxygen atoms in total. The third-order valence-electron chi connectivity index (χ3n) is 5.08. The summed E-state index contributed by atoms with van der Waals surface area (Å²) in [6.07, 6.45) is 1.91. The number of rotatable bonds is 9. The van der Waals surface area contributed by atoms with Gasteiger partial charge in [0.05, 0.1) is 23.4 Å². The first-order valence-electron chi connectivity index (χ1n) is 10.5. The number of amides is 2. The minimum Gasteiger partial charge on any atom is -0.462 e. The number of ether oxygens (including phenoxy) is 2. The Morgan fingerprint density at radius 3 is 2.47 bits per heavy atom.